The van der Waals surface area contributed by atoms with Crippen LogP contribution in [-0.2, 0) is 6.54 Å². The van der Waals surface area contributed by atoms with Crippen molar-refractivity contribution in [3.05, 3.63) is 75.4 Å². The number of nitrogens with zero attached hydrogens (tertiary/aromatic N) is 3. The second kappa shape index (κ2) is 8.52. The smallest absolute Gasteiger partial charge is 0.256 e. The minimum Gasteiger partial charge on any atom is -0.323 e. The van der Waals surface area contributed by atoms with Gasteiger partial charge in [-0.15, -0.1) is 0 Å². The van der Waals surface area contributed by atoms with Crippen LogP contribution in [0.15, 0.2) is 54.7 Å². The number of fused-ring (bicyclic) bond motifs is 1. The molecule has 0 fully saturated rings. The molecule has 6 nitrogen and oxygen atoms in total. The zero-order valence-electron chi connectivity index (χ0n) is 15.8. The van der Waals surface area contributed by atoms with Crippen LogP contribution in [0.1, 0.15) is 17.3 Å². The first-order chi connectivity index (χ1) is 14.5. The van der Waals surface area contributed by atoms with Gasteiger partial charge in [-0.3, -0.25) is 4.79 Å². The summed E-state index contributed by atoms with van der Waals surface area (Å²) >= 11 is 18.5. The third-order valence-electron chi connectivity index (χ3n) is 4.49. The monoisotopic (exact) mass is 459 g/mol. The van der Waals surface area contributed by atoms with Gasteiger partial charge < -0.3 is 15.2 Å². The van der Waals surface area contributed by atoms with Crippen molar-refractivity contribution in [3.63, 3.8) is 0 Å². The lowest BCUT2D eigenvalue weighted by molar-refractivity contribution is 0.102. The number of amides is 1. The maximum atomic E-state index is 12.6. The van der Waals surface area contributed by atoms with E-state index in [9.17, 15) is 4.79 Å². The fourth-order valence-corrected chi connectivity index (χ4v) is 3.73. The first-order valence-corrected chi connectivity index (χ1v) is 10.2. The lowest BCUT2D eigenvalue weighted by atomic mass is 10.2. The first-order valence-electron chi connectivity index (χ1n) is 9.10. The Morgan fingerprint density at radius 3 is 2.53 bits per heavy atom. The van der Waals surface area contributed by atoms with E-state index in [0.29, 0.717) is 50.1 Å². The van der Waals surface area contributed by atoms with E-state index in [1.165, 1.54) is 6.20 Å². The molecule has 0 aliphatic carbocycles. The predicted octanol–water partition coefficient (Wildman–Crippen LogP) is 6.41. The van der Waals surface area contributed by atoms with E-state index in [4.69, 9.17) is 34.8 Å². The maximum absolute atomic E-state index is 12.6. The Morgan fingerprint density at radius 1 is 1.07 bits per heavy atom. The van der Waals surface area contributed by atoms with E-state index in [1.807, 2.05) is 17.6 Å². The first kappa shape index (κ1) is 20.5. The Kier molecular flexibility index (Phi) is 5.81. The Balaban J connectivity index is 1.67. The lowest BCUT2D eigenvalue weighted by Gasteiger charge is -2.11. The van der Waals surface area contributed by atoms with Gasteiger partial charge in [0.2, 0.25) is 5.95 Å². The van der Waals surface area contributed by atoms with Crippen molar-refractivity contribution in [3.8, 4) is 0 Å². The third-order valence-corrected chi connectivity index (χ3v) is 5.35. The maximum Gasteiger partial charge on any atom is 0.256 e. The summed E-state index contributed by atoms with van der Waals surface area (Å²) in [4.78, 5) is 21.4. The number of rotatable bonds is 5. The van der Waals surface area contributed by atoms with Crippen LogP contribution in [0.3, 0.4) is 0 Å². The number of aromatic nitrogens is 3. The van der Waals surface area contributed by atoms with Crippen LogP contribution in [0.25, 0.3) is 11.0 Å². The average molecular weight is 461 g/mol. The van der Waals surface area contributed by atoms with E-state index in [2.05, 4.69) is 20.6 Å². The zero-order chi connectivity index (χ0) is 21.3. The molecule has 4 rings (SSSR count). The van der Waals surface area contributed by atoms with Gasteiger partial charge in [0.25, 0.3) is 5.91 Å². The fraction of sp³-hybridized carbons (Fsp3) is 0.0952. The summed E-state index contributed by atoms with van der Waals surface area (Å²) < 4.78 is 1.98. The van der Waals surface area contributed by atoms with Crippen LogP contribution in [0.5, 0.6) is 0 Å². The number of benzene rings is 2. The molecule has 0 unspecified atom stereocenters. The van der Waals surface area contributed by atoms with E-state index >= 15 is 0 Å². The van der Waals surface area contributed by atoms with Gasteiger partial charge >= 0.3 is 0 Å². The number of hydrogen-bond acceptors (Lipinski definition) is 4. The highest BCUT2D eigenvalue weighted by atomic mass is 35.5. The molecule has 4 aromatic rings. The number of carbonyl (C=O) groups is 1. The number of imidazole rings is 1. The second-order valence-corrected chi connectivity index (χ2v) is 7.67. The molecule has 9 heteroatoms. The van der Waals surface area contributed by atoms with E-state index < -0.39 is 0 Å². The molecule has 0 saturated carbocycles. The molecular weight excluding hydrogens is 445 g/mol. The minimum absolute atomic E-state index is 0.304. The standard InChI is InChI=1S/C21H16Cl3N5O/c1-2-29-17-7-6-12(20(30)27-18-11-13(22)8-9-25-18)10-16(17)26-21(29)28-19-14(23)4-3-5-15(19)24/h3-11H,2H2,1H3,(H,26,28)(H,25,27,30). The Morgan fingerprint density at radius 2 is 1.83 bits per heavy atom. The van der Waals surface area contributed by atoms with E-state index in [1.54, 1.807) is 42.5 Å². The SMILES string of the molecule is CCn1c(Nc2c(Cl)cccc2Cl)nc2cc(C(=O)Nc3cc(Cl)ccn3)ccc21. The highest BCUT2D eigenvalue weighted by Crippen LogP contribution is 2.33. The van der Waals surface area contributed by atoms with Gasteiger partial charge in [0.15, 0.2) is 0 Å². The second-order valence-electron chi connectivity index (χ2n) is 6.42. The van der Waals surface area contributed by atoms with Gasteiger partial charge in [-0.05, 0) is 49.4 Å². The summed E-state index contributed by atoms with van der Waals surface area (Å²) in [5.41, 5.74) is 2.57. The zero-order valence-corrected chi connectivity index (χ0v) is 18.1. The molecule has 2 heterocycles. The number of nitrogens with one attached hydrogen (secondary N) is 2. The van der Waals surface area contributed by atoms with Crippen molar-refractivity contribution in [2.24, 2.45) is 0 Å². The molecule has 0 aliphatic heterocycles. The van der Waals surface area contributed by atoms with Crippen molar-refractivity contribution < 1.29 is 4.79 Å². The Bertz CT molecular complexity index is 1230. The van der Waals surface area contributed by atoms with Gasteiger partial charge in [-0.25, -0.2) is 9.97 Å². The molecule has 152 valence electrons. The van der Waals surface area contributed by atoms with Crippen LogP contribution in [-0.4, -0.2) is 20.4 Å². The fourth-order valence-electron chi connectivity index (χ4n) is 3.08. The number of para-hydroxylation sites is 1. The highest BCUT2D eigenvalue weighted by Gasteiger charge is 2.15. The van der Waals surface area contributed by atoms with Crippen LogP contribution in [0.2, 0.25) is 15.1 Å². The largest absolute Gasteiger partial charge is 0.323 e. The highest BCUT2D eigenvalue weighted by molar-refractivity contribution is 6.39. The van der Waals surface area contributed by atoms with Gasteiger partial charge in [-0.2, -0.15) is 0 Å². The van der Waals surface area contributed by atoms with Crippen LogP contribution in [0.4, 0.5) is 17.5 Å². The van der Waals surface area contributed by atoms with Gasteiger partial charge in [-0.1, -0.05) is 40.9 Å². The molecular formula is C21H16Cl3N5O. The van der Waals surface area contributed by atoms with Crippen molar-refractivity contribution in [2.45, 2.75) is 13.5 Å². The number of carbonyl (C=O) groups excluding carboxylic acids is 1. The molecule has 0 atom stereocenters. The predicted molar refractivity (Wildman–Crippen MR) is 122 cm³/mol. The van der Waals surface area contributed by atoms with Gasteiger partial charge in [0.05, 0.1) is 26.8 Å². The molecule has 2 N–H and O–H groups in total. The number of halogens is 3. The van der Waals surface area contributed by atoms with Crippen molar-refractivity contribution >= 4 is 69.2 Å². The molecule has 30 heavy (non-hydrogen) atoms. The molecule has 0 aliphatic rings. The topological polar surface area (TPSA) is 71.8 Å². The molecule has 0 bridgehead atoms. The number of aryl methyl sites for hydroxylation is 1. The summed E-state index contributed by atoms with van der Waals surface area (Å²) in [5, 5.41) is 7.42. The van der Waals surface area contributed by atoms with Gasteiger partial charge in [0, 0.05) is 23.3 Å². The van der Waals surface area contributed by atoms with Gasteiger partial charge in [0.1, 0.15) is 5.82 Å². The summed E-state index contributed by atoms with van der Waals surface area (Å²) in [6.07, 6.45) is 1.53. The minimum atomic E-state index is -0.304. The average Bonchev–Trinajstić information content (AvgIpc) is 3.07. The summed E-state index contributed by atoms with van der Waals surface area (Å²) in [6.45, 7) is 2.67. The summed E-state index contributed by atoms with van der Waals surface area (Å²) in [6, 6.07) is 13.8. The van der Waals surface area contributed by atoms with Crippen LogP contribution in [0, 0.1) is 0 Å². The molecule has 0 spiro atoms. The number of hydrogen-bond donors (Lipinski definition) is 2. The molecule has 0 radical (unpaired) electrons. The quantitative estimate of drug-likeness (QED) is 0.361. The van der Waals surface area contributed by atoms with E-state index in [-0.39, 0.29) is 5.91 Å². The van der Waals surface area contributed by atoms with Crippen molar-refractivity contribution in [1.29, 1.82) is 0 Å². The normalized spacial score (nSPS) is 10.9. The van der Waals surface area contributed by atoms with Crippen molar-refractivity contribution in [1.82, 2.24) is 14.5 Å². The summed E-state index contributed by atoms with van der Waals surface area (Å²) in [7, 11) is 0. The molecule has 1 amide bonds. The van der Waals surface area contributed by atoms with Crippen molar-refractivity contribution in [2.75, 3.05) is 10.6 Å². The Hall–Kier alpha value is -2.80. The summed E-state index contributed by atoms with van der Waals surface area (Å²) in [5.74, 6) is 0.653. The lowest BCUT2D eigenvalue weighted by Crippen LogP contribution is -2.12. The molecule has 0 saturated heterocycles. The van der Waals surface area contributed by atoms with Crippen LogP contribution >= 0.6 is 34.8 Å². The number of pyridine rings is 1. The molecule has 2 aromatic heterocycles. The Labute approximate surface area is 187 Å². The third kappa shape index (κ3) is 4.07. The molecule has 2 aromatic carbocycles. The number of anilines is 3. The van der Waals surface area contributed by atoms with E-state index in [0.717, 1.165) is 5.52 Å². The van der Waals surface area contributed by atoms with Crippen LogP contribution < -0.4 is 10.6 Å².